The number of aliphatic hydroxyl groups excluding tert-OH is 2. The molecular formula is C38H53NO6. The van der Waals surface area contributed by atoms with E-state index >= 15 is 0 Å². The Morgan fingerprint density at radius 3 is 2.44 bits per heavy atom. The molecule has 4 saturated carbocycles. The van der Waals surface area contributed by atoms with Crippen LogP contribution >= 0.6 is 0 Å². The molecule has 2 aromatic rings. The lowest BCUT2D eigenvalue weighted by Gasteiger charge is -2.63. The molecule has 0 aromatic heterocycles. The molecule has 12 atom stereocenters. The lowest BCUT2D eigenvalue weighted by atomic mass is 9.43. The molecule has 4 N–H and O–H groups in total. The van der Waals surface area contributed by atoms with Crippen LogP contribution in [0.5, 0.6) is 5.75 Å². The smallest absolute Gasteiger partial charge is 0.303 e. The Labute approximate surface area is 268 Å². The summed E-state index contributed by atoms with van der Waals surface area (Å²) >= 11 is 0. The number of aliphatic hydroxyl groups is 2. The van der Waals surface area contributed by atoms with Gasteiger partial charge in [-0.15, -0.1) is 0 Å². The number of amides is 1. The zero-order valence-corrected chi connectivity index (χ0v) is 27.7. The van der Waals surface area contributed by atoms with E-state index in [9.17, 15) is 24.9 Å². The first-order chi connectivity index (χ1) is 21.4. The molecule has 1 amide bonds. The number of hydrogen-bond donors (Lipinski definition) is 4. The predicted octanol–water partition coefficient (Wildman–Crippen LogP) is 6.54. The van der Waals surface area contributed by atoms with Crippen LogP contribution in [0.4, 0.5) is 0 Å². The highest BCUT2D eigenvalue weighted by Gasteiger charge is 2.65. The monoisotopic (exact) mass is 619 g/mol. The summed E-state index contributed by atoms with van der Waals surface area (Å²) in [6, 6.07) is 12.2. The summed E-state index contributed by atoms with van der Waals surface area (Å²) < 4.78 is 5.35. The number of benzene rings is 2. The van der Waals surface area contributed by atoms with Gasteiger partial charge in [0.25, 0.3) is 0 Å². The Bertz CT molecular complexity index is 1430. The van der Waals surface area contributed by atoms with E-state index in [4.69, 9.17) is 4.74 Å². The second kappa shape index (κ2) is 12.2. The molecule has 0 unspecified atom stereocenters. The summed E-state index contributed by atoms with van der Waals surface area (Å²) in [7, 11) is 1.66. The number of fused-ring (bicyclic) bond motifs is 6. The van der Waals surface area contributed by atoms with Gasteiger partial charge >= 0.3 is 5.97 Å². The number of carboxylic acids is 1. The van der Waals surface area contributed by atoms with Gasteiger partial charge in [-0.1, -0.05) is 45.0 Å². The molecule has 6 rings (SSSR count). The molecule has 45 heavy (non-hydrogen) atoms. The lowest BCUT2D eigenvalue weighted by Crippen LogP contribution is -2.63. The number of aliphatic carboxylic acids is 1. The molecule has 4 fully saturated rings. The third-order valence-corrected chi connectivity index (χ3v) is 13.7. The van der Waals surface area contributed by atoms with Crippen molar-refractivity contribution in [3.05, 3.63) is 42.0 Å². The predicted molar refractivity (Wildman–Crippen MR) is 175 cm³/mol. The van der Waals surface area contributed by atoms with Crippen molar-refractivity contribution >= 4 is 22.6 Å². The maximum atomic E-state index is 13.5. The van der Waals surface area contributed by atoms with Crippen LogP contribution in [0, 0.1) is 46.3 Å². The number of carbonyl (C=O) groups is 2. The Kier molecular flexibility index (Phi) is 8.75. The van der Waals surface area contributed by atoms with Crippen molar-refractivity contribution in [2.24, 2.45) is 46.3 Å². The molecule has 7 nitrogen and oxygen atoms in total. The van der Waals surface area contributed by atoms with Crippen LogP contribution in [0.15, 0.2) is 36.4 Å². The molecule has 4 aliphatic carbocycles. The molecule has 0 spiro atoms. The summed E-state index contributed by atoms with van der Waals surface area (Å²) in [5.41, 5.74) is 0.721. The Balaban J connectivity index is 1.13. The van der Waals surface area contributed by atoms with Crippen molar-refractivity contribution in [1.29, 1.82) is 0 Å². The van der Waals surface area contributed by atoms with E-state index in [0.717, 1.165) is 60.6 Å². The van der Waals surface area contributed by atoms with Crippen molar-refractivity contribution < 1.29 is 29.6 Å². The first-order valence-electron chi connectivity index (χ1n) is 17.3. The van der Waals surface area contributed by atoms with E-state index in [-0.39, 0.29) is 64.7 Å². The van der Waals surface area contributed by atoms with Gasteiger partial charge < -0.3 is 25.4 Å². The first-order valence-corrected chi connectivity index (χ1v) is 17.3. The molecule has 7 heteroatoms. The summed E-state index contributed by atoms with van der Waals surface area (Å²) in [4.78, 5) is 24.8. The van der Waals surface area contributed by atoms with Gasteiger partial charge in [0.15, 0.2) is 0 Å². The van der Waals surface area contributed by atoms with Gasteiger partial charge in [0.1, 0.15) is 5.75 Å². The number of methoxy groups -OCH3 is 1. The molecular weight excluding hydrogens is 566 g/mol. The van der Waals surface area contributed by atoms with Crippen molar-refractivity contribution in [2.45, 2.75) is 110 Å². The molecule has 0 heterocycles. The fourth-order valence-electron chi connectivity index (χ4n) is 11.0. The molecule has 0 bridgehead atoms. The fourth-order valence-corrected chi connectivity index (χ4v) is 11.0. The van der Waals surface area contributed by atoms with Gasteiger partial charge in [0, 0.05) is 12.5 Å². The minimum atomic E-state index is -0.760. The van der Waals surface area contributed by atoms with Crippen molar-refractivity contribution in [3.8, 4) is 5.75 Å². The third kappa shape index (κ3) is 5.56. The zero-order valence-electron chi connectivity index (χ0n) is 27.7. The first kappa shape index (κ1) is 32.3. The Morgan fingerprint density at radius 2 is 1.71 bits per heavy atom. The van der Waals surface area contributed by atoms with Crippen LogP contribution in [-0.2, 0) is 9.59 Å². The SMILES string of the molecule is COc1ccc2cc([C@@H](C)C(=O)N[C@H]3CC[C@@]4(C)[C@H](C3)C[C@@H](O)[C@@H]3[C@@H]4C[C@H](O)[C@]4(C)[C@@H]([C@H](C)CCC(=O)O)CC[C@@H]34)ccc2c1. The average molecular weight is 620 g/mol. The van der Waals surface area contributed by atoms with Gasteiger partial charge in [-0.05, 0) is 133 Å². The van der Waals surface area contributed by atoms with Crippen LogP contribution in [0.25, 0.3) is 10.8 Å². The second-order valence-corrected chi connectivity index (χ2v) is 15.7. The third-order valence-electron chi connectivity index (χ3n) is 13.7. The van der Waals surface area contributed by atoms with E-state index < -0.39 is 18.2 Å². The standard InChI is InChI=1S/C38H53NO6/c1-21(6-13-34(42)43)29-11-12-30-35-31(20-33(41)38(29,30)4)37(3)15-14-27(18-26(37)19-32(35)40)39-36(44)22(2)23-7-8-25-17-28(45-5)10-9-24(25)16-23/h7-10,16-17,21-22,26-27,29-33,35,40-41H,6,11-15,18-20H2,1-5H3,(H,39,44)(H,42,43)/t21-,22-,26-,27+,29-,30+,31+,32-,33+,35+,37+,38-/m1/s1. The Morgan fingerprint density at radius 1 is 0.978 bits per heavy atom. The minimum Gasteiger partial charge on any atom is -0.497 e. The van der Waals surface area contributed by atoms with Crippen molar-refractivity contribution in [2.75, 3.05) is 7.11 Å². The van der Waals surface area contributed by atoms with Crippen LogP contribution < -0.4 is 10.1 Å². The number of rotatable bonds is 8. The maximum Gasteiger partial charge on any atom is 0.303 e. The normalized spacial score (nSPS) is 38.8. The fraction of sp³-hybridized carbons (Fsp3) is 0.684. The van der Waals surface area contributed by atoms with Gasteiger partial charge in [-0.3, -0.25) is 9.59 Å². The number of carboxylic acid groups (broad SMARTS) is 1. The molecule has 246 valence electrons. The quantitative estimate of drug-likeness (QED) is 0.267. The molecule has 0 saturated heterocycles. The highest BCUT2D eigenvalue weighted by Crippen LogP contribution is 2.68. The van der Waals surface area contributed by atoms with E-state index in [2.05, 4.69) is 38.2 Å². The average Bonchev–Trinajstić information content (AvgIpc) is 3.38. The van der Waals surface area contributed by atoms with Crippen molar-refractivity contribution in [3.63, 3.8) is 0 Å². The molecule has 0 aliphatic heterocycles. The summed E-state index contributed by atoms with van der Waals surface area (Å²) in [6.07, 6.45) is 6.12. The van der Waals surface area contributed by atoms with E-state index in [1.54, 1.807) is 7.11 Å². The molecule has 2 aromatic carbocycles. The summed E-state index contributed by atoms with van der Waals surface area (Å²) in [5.74, 6) is 1.28. The largest absolute Gasteiger partial charge is 0.497 e. The number of carbonyl (C=O) groups excluding carboxylic acids is 1. The van der Waals surface area contributed by atoms with Gasteiger partial charge in [-0.25, -0.2) is 0 Å². The van der Waals surface area contributed by atoms with Crippen LogP contribution in [0.3, 0.4) is 0 Å². The van der Waals surface area contributed by atoms with Gasteiger partial charge in [-0.2, -0.15) is 0 Å². The van der Waals surface area contributed by atoms with E-state index in [1.165, 1.54) is 0 Å². The highest BCUT2D eigenvalue weighted by atomic mass is 16.5. The number of ether oxygens (including phenoxy) is 1. The van der Waals surface area contributed by atoms with Crippen LogP contribution in [0.1, 0.15) is 97.0 Å². The summed E-state index contributed by atoms with van der Waals surface area (Å²) in [6.45, 7) is 8.75. The highest BCUT2D eigenvalue weighted by molar-refractivity contribution is 5.88. The number of nitrogens with one attached hydrogen (secondary N) is 1. The topological polar surface area (TPSA) is 116 Å². The lowest BCUT2D eigenvalue weighted by molar-refractivity contribution is -0.202. The van der Waals surface area contributed by atoms with Gasteiger partial charge in [0.05, 0.1) is 25.2 Å². The summed E-state index contributed by atoms with van der Waals surface area (Å²) in [5, 5.41) is 38.4. The van der Waals surface area contributed by atoms with Gasteiger partial charge in [0.2, 0.25) is 5.91 Å². The number of hydrogen-bond acceptors (Lipinski definition) is 5. The van der Waals surface area contributed by atoms with Crippen molar-refractivity contribution in [1.82, 2.24) is 5.32 Å². The van der Waals surface area contributed by atoms with E-state index in [1.807, 2.05) is 31.2 Å². The second-order valence-electron chi connectivity index (χ2n) is 15.7. The van der Waals surface area contributed by atoms with Crippen LogP contribution in [0.2, 0.25) is 0 Å². The zero-order chi connectivity index (χ0) is 32.3. The maximum absolute atomic E-state index is 13.5. The van der Waals surface area contributed by atoms with Crippen LogP contribution in [-0.4, -0.2) is 52.6 Å². The van der Waals surface area contributed by atoms with E-state index in [0.29, 0.717) is 18.8 Å². The molecule has 4 aliphatic rings. The Hall–Kier alpha value is -2.64. The molecule has 0 radical (unpaired) electrons. The minimum absolute atomic E-state index is 0.0193.